The number of rotatable bonds is 7. The number of fused-ring (bicyclic) bond motifs is 1. The van der Waals surface area contributed by atoms with Gasteiger partial charge in [0, 0.05) is 52.4 Å². The Kier molecular flexibility index (Phi) is 7.34. The second-order valence-corrected chi connectivity index (χ2v) is 10.6. The largest absolute Gasteiger partial charge is 0.338 e. The molecule has 2 fully saturated rings. The Bertz CT molecular complexity index is 907. The van der Waals surface area contributed by atoms with E-state index in [2.05, 4.69) is 30.1 Å². The van der Waals surface area contributed by atoms with Gasteiger partial charge in [0.15, 0.2) is 0 Å². The van der Waals surface area contributed by atoms with Crippen LogP contribution in [0.15, 0.2) is 35.9 Å². The Balaban J connectivity index is 1.42. The van der Waals surface area contributed by atoms with Crippen LogP contribution in [-0.2, 0) is 0 Å². The Morgan fingerprint density at radius 3 is 2.55 bits per heavy atom. The van der Waals surface area contributed by atoms with Crippen LogP contribution < -0.4 is 5.32 Å². The van der Waals surface area contributed by atoms with Gasteiger partial charge in [-0.25, -0.2) is 4.79 Å². The smallest absolute Gasteiger partial charge is 0.317 e. The molecule has 0 radical (unpaired) electrons. The number of hydrogen-bond donors (Lipinski definition) is 1. The first-order valence-electron chi connectivity index (χ1n) is 12.3. The third-order valence-corrected chi connectivity index (χ3v) is 8.35. The fourth-order valence-electron chi connectivity index (χ4n) is 5.63. The molecule has 0 aromatic heterocycles. The molecule has 3 amide bonds. The molecule has 1 saturated carbocycles. The molecule has 1 saturated heterocycles. The van der Waals surface area contributed by atoms with Crippen molar-refractivity contribution in [1.82, 2.24) is 20.0 Å². The number of allylic oxidation sites excluding steroid dienone is 1. The number of nitrogens with one attached hydrogen (secondary N) is 1. The second kappa shape index (κ2) is 10.1. The van der Waals surface area contributed by atoms with Gasteiger partial charge in [0.05, 0.1) is 10.6 Å². The minimum absolute atomic E-state index is 0.00159. The minimum atomic E-state index is 0.00159. The number of nitrogens with zero attached hydrogens (tertiary/aromatic N) is 3. The summed E-state index contributed by atoms with van der Waals surface area (Å²) in [5, 5.41) is 3.38. The van der Waals surface area contributed by atoms with E-state index in [0.29, 0.717) is 54.6 Å². The topological polar surface area (TPSA) is 55.9 Å². The second-order valence-electron chi connectivity index (χ2n) is 10.2. The van der Waals surface area contributed by atoms with E-state index in [1.54, 1.807) is 6.07 Å². The van der Waals surface area contributed by atoms with E-state index >= 15 is 0 Å². The summed E-state index contributed by atoms with van der Waals surface area (Å²) in [7, 11) is 0. The van der Waals surface area contributed by atoms with Crippen molar-refractivity contribution >= 4 is 23.5 Å². The summed E-state index contributed by atoms with van der Waals surface area (Å²) >= 11 is 6.39. The molecule has 2 unspecified atom stereocenters. The lowest BCUT2D eigenvalue weighted by Gasteiger charge is -2.57. The van der Waals surface area contributed by atoms with Gasteiger partial charge in [-0.3, -0.25) is 9.69 Å². The van der Waals surface area contributed by atoms with E-state index in [1.165, 1.54) is 12.0 Å². The van der Waals surface area contributed by atoms with Crippen LogP contribution >= 0.6 is 11.6 Å². The van der Waals surface area contributed by atoms with Gasteiger partial charge in [-0.1, -0.05) is 49.2 Å². The highest BCUT2D eigenvalue weighted by Crippen LogP contribution is 2.59. The molecule has 2 bridgehead atoms. The fourth-order valence-corrected chi connectivity index (χ4v) is 5.85. The normalized spacial score (nSPS) is 24.0. The average molecular weight is 473 g/mol. The zero-order chi connectivity index (χ0) is 23.6. The van der Waals surface area contributed by atoms with Crippen LogP contribution in [0.25, 0.3) is 0 Å². The SMILES string of the molecule is CCNC(=O)N1CCN(CCN(CC2=CCC3CC2C3(C)C)C(=O)c2ccccc2Cl)CC1. The van der Waals surface area contributed by atoms with Crippen molar-refractivity contribution in [2.45, 2.75) is 33.6 Å². The molecule has 180 valence electrons. The van der Waals surface area contributed by atoms with Crippen LogP contribution in [-0.4, -0.2) is 79.0 Å². The molecule has 7 heteroatoms. The lowest BCUT2D eigenvalue weighted by molar-refractivity contribution is -0.0105. The Morgan fingerprint density at radius 1 is 1.18 bits per heavy atom. The first kappa shape index (κ1) is 24.1. The Labute approximate surface area is 202 Å². The van der Waals surface area contributed by atoms with Gasteiger partial charge >= 0.3 is 6.03 Å². The predicted molar refractivity (Wildman–Crippen MR) is 133 cm³/mol. The van der Waals surface area contributed by atoms with E-state index in [9.17, 15) is 9.59 Å². The summed E-state index contributed by atoms with van der Waals surface area (Å²) in [4.78, 5) is 31.8. The highest BCUT2D eigenvalue weighted by molar-refractivity contribution is 6.33. The van der Waals surface area contributed by atoms with Crippen molar-refractivity contribution in [3.63, 3.8) is 0 Å². The van der Waals surface area contributed by atoms with Gasteiger partial charge in [-0.2, -0.15) is 0 Å². The number of piperazine rings is 1. The van der Waals surface area contributed by atoms with Crippen LogP contribution in [0.1, 0.15) is 44.0 Å². The lowest BCUT2D eigenvalue weighted by Crippen LogP contribution is -2.53. The lowest BCUT2D eigenvalue weighted by atomic mass is 9.49. The summed E-state index contributed by atoms with van der Waals surface area (Å²) in [6.07, 6.45) is 4.74. The molecular formula is C26H37ClN4O2. The number of amides is 3. The van der Waals surface area contributed by atoms with E-state index in [-0.39, 0.29) is 11.9 Å². The predicted octanol–water partition coefficient (Wildman–Crippen LogP) is 4.12. The van der Waals surface area contributed by atoms with E-state index in [4.69, 9.17) is 11.6 Å². The highest BCUT2D eigenvalue weighted by atomic mass is 35.5. The molecule has 5 rings (SSSR count). The van der Waals surface area contributed by atoms with Crippen molar-refractivity contribution in [1.29, 1.82) is 0 Å². The minimum Gasteiger partial charge on any atom is -0.338 e. The molecule has 1 aromatic rings. The van der Waals surface area contributed by atoms with Gasteiger partial charge in [-0.15, -0.1) is 0 Å². The average Bonchev–Trinajstić information content (AvgIpc) is 2.82. The summed E-state index contributed by atoms with van der Waals surface area (Å²) in [6, 6.07) is 7.35. The summed E-state index contributed by atoms with van der Waals surface area (Å²) in [6.45, 7) is 12.5. The molecule has 4 aliphatic rings. The summed E-state index contributed by atoms with van der Waals surface area (Å²) in [5.41, 5.74) is 2.31. The van der Waals surface area contributed by atoms with E-state index < -0.39 is 0 Å². The fraction of sp³-hybridized carbons (Fsp3) is 0.615. The maximum Gasteiger partial charge on any atom is 0.317 e. The molecular weight excluding hydrogens is 436 g/mol. The van der Waals surface area contributed by atoms with Crippen LogP contribution in [0.4, 0.5) is 4.79 Å². The van der Waals surface area contributed by atoms with Gasteiger partial charge < -0.3 is 15.1 Å². The van der Waals surface area contributed by atoms with Gasteiger partial charge in [0.1, 0.15) is 0 Å². The van der Waals surface area contributed by atoms with Gasteiger partial charge in [0.2, 0.25) is 0 Å². The number of halogens is 1. The third kappa shape index (κ3) is 5.07. The zero-order valence-corrected chi connectivity index (χ0v) is 20.9. The Morgan fingerprint density at radius 2 is 1.91 bits per heavy atom. The van der Waals surface area contributed by atoms with Crippen LogP contribution in [0.5, 0.6) is 0 Å². The van der Waals surface area contributed by atoms with Crippen LogP contribution in [0.2, 0.25) is 5.02 Å². The zero-order valence-electron chi connectivity index (χ0n) is 20.1. The summed E-state index contributed by atoms with van der Waals surface area (Å²) < 4.78 is 0. The van der Waals surface area contributed by atoms with Crippen molar-refractivity contribution in [2.24, 2.45) is 17.3 Å². The molecule has 2 atom stereocenters. The first-order chi connectivity index (χ1) is 15.8. The number of hydrogen-bond acceptors (Lipinski definition) is 3. The monoisotopic (exact) mass is 472 g/mol. The third-order valence-electron chi connectivity index (χ3n) is 8.02. The molecule has 1 aliphatic heterocycles. The molecule has 1 heterocycles. The quantitative estimate of drug-likeness (QED) is 0.607. The molecule has 1 aromatic carbocycles. The van der Waals surface area contributed by atoms with Gasteiger partial charge in [0.25, 0.3) is 5.91 Å². The van der Waals surface area contributed by atoms with Crippen molar-refractivity contribution in [3.8, 4) is 0 Å². The van der Waals surface area contributed by atoms with Crippen LogP contribution in [0.3, 0.4) is 0 Å². The molecule has 1 N–H and O–H groups in total. The van der Waals surface area contributed by atoms with Crippen molar-refractivity contribution in [2.75, 3.05) is 52.4 Å². The van der Waals surface area contributed by atoms with E-state index in [0.717, 1.165) is 32.0 Å². The van der Waals surface area contributed by atoms with E-state index in [1.807, 2.05) is 34.9 Å². The molecule has 3 aliphatic carbocycles. The summed E-state index contributed by atoms with van der Waals surface area (Å²) in [5.74, 6) is 1.35. The Hall–Kier alpha value is -2.05. The van der Waals surface area contributed by atoms with Crippen molar-refractivity contribution in [3.05, 3.63) is 46.5 Å². The van der Waals surface area contributed by atoms with Crippen molar-refractivity contribution < 1.29 is 9.59 Å². The number of carbonyl (C=O) groups is 2. The highest BCUT2D eigenvalue weighted by Gasteiger charge is 2.51. The maximum absolute atomic E-state index is 13.5. The molecule has 6 nitrogen and oxygen atoms in total. The molecule has 33 heavy (non-hydrogen) atoms. The number of urea groups is 1. The maximum atomic E-state index is 13.5. The number of carbonyl (C=O) groups excluding carboxylic acids is 2. The van der Waals surface area contributed by atoms with Crippen LogP contribution in [0, 0.1) is 17.3 Å². The molecule has 0 spiro atoms. The van der Waals surface area contributed by atoms with Gasteiger partial charge in [-0.05, 0) is 49.1 Å². The standard InChI is InChI=1S/C26H37ClN4O2/c1-4-28-25(33)30-14-11-29(12-15-30)13-16-31(24(32)21-7-5-6-8-23(21)27)18-19-9-10-20-17-22(19)26(20,2)3/h5-9,20,22H,4,10-18H2,1-3H3,(H,28,33). The first-order valence-corrected chi connectivity index (χ1v) is 12.7. The number of benzene rings is 1.